The lowest BCUT2D eigenvalue weighted by molar-refractivity contribution is -0.291. The van der Waals surface area contributed by atoms with Crippen molar-refractivity contribution in [1.82, 2.24) is 0 Å². The summed E-state index contributed by atoms with van der Waals surface area (Å²) >= 11 is 0. The van der Waals surface area contributed by atoms with Crippen molar-refractivity contribution in [3.63, 3.8) is 0 Å². The van der Waals surface area contributed by atoms with E-state index in [0.717, 1.165) is 19.3 Å². The zero-order chi connectivity index (χ0) is 20.8. The number of unbranched alkanes of at least 4 members (excludes halogenated alkanes) is 2. The van der Waals surface area contributed by atoms with Gasteiger partial charge in [-0.3, -0.25) is 0 Å². The molecular weight excluding hydrogens is 380 g/mol. The van der Waals surface area contributed by atoms with E-state index in [4.69, 9.17) is 24.1 Å². The average Bonchev–Trinajstić information content (AvgIpc) is 2.96. The Morgan fingerprint density at radius 1 is 1.14 bits per heavy atom. The second kappa shape index (κ2) is 10.3. The fraction of sp³-hybridized carbons (Fsp3) is 0.824. The molecule has 0 radical (unpaired) electrons. The molecule has 0 bridgehead atoms. The first-order valence-electron chi connectivity index (χ1n) is 9.18. The highest BCUT2D eigenvalue weighted by molar-refractivity contribution is 5.89. The highest BCUT2D eigenvalue weighted by Crippen LogP contribution is 2.29. The maximum atomic E-state index is 12.0. The SMILES string of the molecule is CCCCCOC[C@H](O)[C@H]1OC(=O)C(O[C@@H]2O[C@H](CO)[C@@H](O)[C@H](O)[C@H]2O)=C1O. The van der Waals surface area contributed by atoms with Crippen molar-refractivity contribution in [1.29, 1.82) is 0 Å². The van der Waals surface area contributed by atoms with Crippen LogP contribution in [-0.2, 0) is 23.7 Å². The van der Waals surface area contributed by atoms with Crippen LogP contribution in [0, 0.1) is 0 Å². The summed E-state index contributed by atoms with van der Waals surface area (Å²) in [6.45, 7) is 1.58. The van der Waals surface area contributed by atoms with Gasteiger partial charge in [0.25, 0.3) is 0 Å². The standard InChI is InChI=1S/C17H28O11/c1-2-3-4-5-25-7-8(19)14-13(23)15(16(24)27-14)28-17-12(22)11(21)10(20)9(6-18)26-17/h8-12,14,17-23H,2-7H2,1H3/t8-,9+,10+,11-,12+,14+,17-/m0/s1. The van der Waals surface area contributed by atoms with Gasteiger partial charge in [0.2, 0.25) is 12.0 Å². The first-order valence-corrected chi connectivity index (χ1v) is 9.18. The molecule has 0 unspecified atom stereocenters. The third-order valence-electron chi connectivity index (χ3n) is 4.53. The van der Waals surface area contributed by atoms with Crippen molar-refractivity contribution in [3.8, 4) is 0 Å². The van der Waals surface area contributed by atoms with Crippen LogP contribution in [0.15, 0.2) is 11.5 Å². The Hall–Kier alpha value is -1.47. The maximum absolute atomic E-state index is 12.0. The van der Waals surface area contributed by atoms with Gasteiger partial charge in [0.1, 0.15) is 30.5 Å². The molecule has 1 fully saturated rings. The lowest BCUT2D eigenvalue weighted by atomic mass is 9.99. The fourth-order valence-corrected chi connectivity index (χ4v) is 2.85. The summed E-state index contributed by atoms with van der Waals surface area (Å²) in [5.74, 6) is -2.53. The molecule has 2 aliphatic rings. The van der Waals surface area contributed by atoms with Crippen LogP contribution >= 0.6 is 0 Å². The molecule has 11 heteroatoms. The molecule has 2 aliphatic heterocycles. The average molecular weight is 408 g/mol. The monoisotopic (exact) mass is 408 g/mol. The van der Waals surface area contributed by atoms with Gasteiger partial charge >= 0.3 is 5.97 Å². The van der Waals surface area contributed by atoms with E-state index in [1.54, 1.807) is 0 Å². The number of ether oxygens (including phenoxy) is 4. The zero-order valence-electron chi connectivity index (χ0n) is 15.5. The van der Waals surface area contributed by atoms with E-state index in [1.807, 2.05) is 6.92 Å². The summed E-state index contributed by atoms with van der Waals surface area (Å²) in [5, 5.41) is 58.9. The van der Waals surface area contributed by atoms with E-state index in [0.29, 0.717) is 6.61 Å². The van der Waals surface area contributed by atoms with Crippen LogP contribution in [0.25, 0.3) is 0 Å². The van der Waals surface area contributed by atoms with Crippen molar-refractivity contribution >= 4 is 5.97 Å². The van der Waals surface area contributed by atoms with Gasteiger partial charge in [0.15, 0.2) is 11.9 Å². The van der Waals surface area contributed by atoms with Gasteiger partial charge in [-0.25, -0.2) is 4.79 Å². The van der Waals surface area contributed by atoms with E-state index in [1.165, 1.54) is 0 Å². The van der Waals surface area contributed by atoms with Gasteiger partial charge in [-0.05, 0) is 6.42 Å². The van der Waals surface area contributed by atoms with Gasteiger partial charge in [-0.1, -0.05) is 19.8 Å². The first kappa shape index (κ1) is 22.8. The largest absolute Gasteiger partial charge is 0.505 e. The maximum Gasteiger partial charge on any atom is 0.378 e. The van der Waals surface area contributed by atoms with Crippen LogP contribution < -0.4 is 0 Å². The number of hydrogen-bond donors (Lipinski definition) is 6. The predicted molar refractivity (Wildman–Crippen MR) is 90.7 cm³/mol. The van der Waals surface area contributed by atoms with E-state index in [-0.39, 0.29) is 6.61 Å². The van der Waals surface area contributed by atoms with Crippen LogP contribution in [0.4, 0.5) is 0 Å². The van der Waals surface area contributed by atoms with Gasteiger partial charge in [0.05, 0.1) is 13.2 Å². The number of hydrogen-bond acceptors (Lipinski definition) is 11. The predicted octanol–water partition coefficient (Wildman–Crippen LogP) is -1.93. The Kier molecular flexibility index (Phi) is 8.43. The molecule has 0 saturated carbocycles. The fourth-order valence-electron chi connectivity index (χ4n) is 2.85. The molecule has 7 atom stereocenters. The summed E-state index contributed by atoms with van der Waals surface area (Å²) in [4.78, 5) is 12.0. The van der Waals surface area contributed by atoms with Gasteiger partial charge in [0, 0.05) is 6.61 Å². The quantitative estimate of drug-likeness (QED) is 0.175. The second-order valence-corrected chi connectivity index (χ2v) is 6.70. The lowest BCUT2D eigenvalue weighted by Gasteiger charge is -2.39. The first-order chi connectivity index (χ1) is 13.3. The Labute approximate surface area is 161 Å². The Morgan fingerprint density at radius 2 is 1.86 bits per heavy atom. The van der Waals surface area contributed by atoms with Crippen molar-refractivity contribution in [3.05, 3.63) is 11.5 Å². The van der Waals surface area contributed by atoms with Crippen LogP contribution in [0.3, 0.4) is 0 Å². The van der Waals surface area contributed by atoms with E-state index < -0.39 is 67.0 Å². The van der Waals surface area contributed by atoms with Crippen molar-refractivity contribution in [2.24, 2.45) is 0 Å². The third kappa shape index (κ3) is 5.11. The zero-order valence-corrected chi connectivity index (χ0v) is 15.5. The second-order valence-electron chi connectivity index (χ2n) is 6.70. The van der Waals surface area contributed by atoms with Crippen LogP contribution in [0.5, 0.6) is 0 Å². The number of aliphatic hydroxyl groups is 6. The van der Waals surface area contributed by atoms with E-state index in [9.17, 15) is 30.3 Å². The van der Waals surface area contributed by atoms with Gasteiger partial charge in [-0.2, -0.15) is 0 Å². The van der Waals surface area contributed by atoms with Crippen molar-refractivity contribution in [2.45, 2.75) is 69.1 Å². The smallest absolute Gasteiger partial charge is 0.378 e. The van der Waals surface area contributed by atoms with Crippen LogP contribution in [0.2, 0.25) is 0 Å². The number of rotatable bonds is 10. The van der Waals surface area contributed by atoms with Crippen LogP contribution in [0.1, 0.15) is 26.2 Å². The molecule has 28 heavy (non-hydrogen) atoms. The molecule has 1 saturated heterocycles. The molecule has 11 nitrogen and oxygen atoms in total. The summed E-state index contributed by atoms with van der Waals surface area (Å²) in [6, 6.07) is 0. The molecule has 2 rings (SSSR count). The normalized spacial score (nSPS) is 34.4. The number of carbonyl (C=O) groups is 1. The molecule has 162 valence electrons. The number of carbonyl (C=O) groups excluding carboxylic acids is 1. The molecule has 0 amide bonds. The topological polar surface area (TPSA) is 175 Å². The molecular formula is C17H28O11. The highest BCUT2D eigenvalue weighted by atomic mass is 16.7. The summed E-state index contributed by atoms with van der Waals surface area (Å²) < 4.78 is 20.4. The minimum absolute atomic E-state index is 0.182. The van der Waals surface area contributed by atoms with E-state index >= 15 is 0 Å². The number of aliphatic hydroxyl groups excluding tert-OH is 6. The molecule has 2 heterocycles. The Bertz CT molecular complexity index is 549. The third-order valence-corrected chi connectivity index (χ3v) is 4.53. The minimum Gasteiger partial charge on any atom is -0.505 e. The summed E-state index contributed by atoms with van der Waals surface area (Å²) in [6.07, 6.45) is -7.97. The highest BCUT2D eigenvalue weighted by Gasteiger charge is 2.48. The van der Waals surface area contributed by atoms with E-state index in [2.05, 4.69) is 0 Å². The molecule has 0 aromatic carbocycles. The van der Waals surface area contributed by atoms with Gasteiger partial charge in [-0.15, -0.1) is 0 Å². The van der Waals surface area contributed by atoms with Crippen molar-refractivity contribution < 1.29 is 54.4 Å². The lowest BCUT2D eigenvalue weighted by Crippen LogP contribution is -2.59. The Morgan fingerprint density at radius 3 is 2.50 bits per heavy atom. The molecule has 0 aliphatic carbocycles. The summed E-state index contributed by atoms with van der Waals surface area (Å²) in [5.41, 5.74) is 0. The molecule has 6 N–H and O–H groups in total. The number of cyclic esters (lactones) is 1. The molecule has 0 aromatic rings. The number of esters is 1. The van der Waals surface area contributed by atoms with Crippen molar-refractivity contribution in [2.75, 3.05) is 19.8 Å². The molecule has 0 spiro atoms. The minimum atomic E-state index is -1.77. The van der Waals surface area contributed by atoms with Gasteiger partial charge < -0.3 is 49.6 Å². The van der Waals surface area contributed by atoms with Crippen LogP contribution in [-0.4, -0.2) is 99.3 Å². The summed E-state index contributed by atoms with van der Waals surface area (Å²) in [7, 11) is 0. The molecule has 0 aromatic heterocycles. The Balaban J connectivity index is 1.99.